The van der Waals surface area contributed by atoms with Crippen molar-refractivity contribution in [2.75, 3.05) is 19.6 Å². The van der Waals surface area contributed by atoms with Gasteiger partial charge in [-0.25, -0.2) is 4.79 Å². The van der Waals surface area contributed by atoms with Crippen molar-refractivity contribution in [3.05, 3.63) is 83.4 Å². The fourth-order valence-electron chi connectivity index (χ4n) is 6.80. The minimum absolute atomic E-state index is 0.0633. The van der Waals surface area contributed by atoms with Crippen molar-refractivity contribution in [2.45, 2.75) is 57.7 Å². The van der Waals surface area contributed by atoms with Crippen molar-refractivity contribution in [2.24, 2.45) is 0 Å². The lowest BCUT2D eigenvalue weighted by atomic mass is 9.73. The lowest BCUT2D eigenvalue weighted by Crippen LogP contribution is -2.42. The van der Waals surface area contributed by atoms with Gasteiger partial charge >= 0.3 is 6.03 Å². The molecule has 186 valence electrons. The molecule has 2 amide bonds. The number of likely N-dealkylation sites (tertiary alicyclic amines) is 1. The van der Waals surface area contributed by atoms with Gasteiger partial charge in [-0.15, -0.1) is 0 Å². The smallest absolute Gasteiger partial charge is 0.315 e. The molecule has 1 fully saturated rings. The summed E-state index contributed by atoms with van der Waals surface area (Å²) >= 11 is 0. The van der Waals surface area contributed by atoms with Crippen molar-refractivity contribution in [1.29, 1.82) is 0 Å². The number of fused-ring (bicyclic) bond motifs is 5. The van der Waals surface area contributed by atoms with Crippen LogP contribution in [0.1, 0.15) is 55.8 Å². The van der Waals surface area contributed by atoms with Gasteiger partial charge in [-0.1, -0.05) is 54.6 Å². The van der Waals surface area contributed by atoms with Crippen LogP contribution in [0.15, 0.2) is 66.7 Å². The number of urea groups is 1. The molecule has 0 bridgehead atoms. The van der Waals surface area contributed by atoms with Crippen LogP contribution < -0.4 is 10.6 Å². The maximum absolute atomic E-state index is 12.3. The molecule has 0 saturated carbocycles. The highest BCUT2D eigenvalue weighted by Crippen LogP contribution is 2.50. The average molecular weight is 481 g/mol. The Bertz CT molecular complexity index is 1410. The van der Waals surface area contributed by atoms with E-state index in [4.69, 9.17) is 0 Å². The molecule has 5 nitrogen and oxygen atoms in total. The van der Waals surface area contributed by atoms with Crippen LogP contribution in [0.5, 0.6) is 0 Å². The molecule has 2 heterocycles. The number of carbonyl (C=O) groups is 1. The van der Waals surface area contributed by atoms with E-state index >= 15 is 0 Å². The van der Waals surface area contributed by atoms with Crippen LogP contribution >= 0.6 is 0 Å². The number of amides is 2. The Kier molecular flexibility index (Phi) is 5.96. The second-order valence-corrected chi connectivity index (χ2v) is 10.5. The van der Waals surface area contributed by atoms with Gasteiger partial charge in [0.2, 0.25) is 0 Å². The predicted molar refractivity (Wildman–Crippen MR) is 147 cm³/mol. The SMILES string of the molecule is CCNC(=O)NC1CC2(CCN(Cc3ccc4c5ccccc5n(CC)c4c3)CC2)c2ccccc21. The third-order valence-electron chi connectivity index (χ3n) is 8.52. The minimum atomic E-state index is -0.0633. The van der Waals surface area contributed by atoms with Crippen LogP contribution in [0.25, 0.3) is 21.8 Å². The van der Waals surface area contributed by atoms with Gasteiger partial charge in [0.15, 0.2) is 0 Å². The molecule has 2 aliphatic rings. The van der Waals surface area contributed by atoms with Crippen LogP contribution in [0, 0.1) is 0 Å². The zero-order valence-electron chi connectivity index (χ0n) is 21.4. The predicted octanol–water partition coefficient (Wildman–Crippen LogP) is 6.11. The number of hydrogen-bond acceptors (Lipinski definition) is 2. The molecule has 1 saturated heterocycles. The van der Waals surface area contributed by atoms with Crippen LogP contribution in [0.2, 0.25) is 0 Å². The third kappa shape index (κ3) is 3.86. The molecule has 36 heavy (non-hydrogen) atoms. The number of aryl methyl sites for hydroxylation is 1. The van der Waals surface area contributed by atoms with Crippen molar-refractivity contribution < 1.29 is 4.79 Å². The van der Waals surface area contributed by atoms with Gasteiger partial charge in [-0.2, -0.15) is 0 Å². The highest BCUT2D eigenvalue weighted by molar-refractivity contribution is 6.08. The molecule has 0 radical (unpaired) electrons. The van der Waals surface area contributed by atoms with E-state index in [1.165, 1.54) is 38.5 Å². The Morgan fingerprint density at radius 3 is 2.50 bits per heavy atom. The fraction of sp³-hybridized carbons (Fsp3) is 0.387. The van der Waals surface area contributed by atoms with E-state index in [1.807, 2.05) is 6.92 Å². The van der Waals surface area contributed by atoms with Crippen LogP contribution in [-0.2, 0) is 18.5 Å². The summed E-state index contributed by atoms with van der Waals surface area (Å²) in [6, 6.07) is 24.6. The summed E-state index contributed by atoms with van der Waals surface area (Å²) in [4.78, 5) is 14.9. The van der Waals surface area contributed by atoms with Crippen LogP contribution in [0.3, 0.4) is 0 Å². The number of para-hydroxylation sites is 1. The fourth-order valence-corrected chi connectivity index (χ4v) is 6.80. The molecule has 2 N–H and O–H groups in total. The molecular formula is C31H36N4O. The van der Waals surface area contributed by atoms with E-state index in [-0.39, 0.29) is 17.5 Å². The van der Waals surface area contributed by atoms with Crippen molar-refractivity contribution in [3.8, 4) is 0 Å². The number of carbonyl (C=O) groups excluding carboxylic acids is 1. The van der Waals surface area contributed by atoms with E-state index in [2.05, 4.69) is 93.8 Å². The number of rotatable bonds is 5. The first kappa shape index (κ1) is 23.1. The van der Waals surface area contributed by atoms with E-state index < -0.39 is 0 Å². The first-order valence-electron chi connectivity index (χ1n) is 13.5. The minimum Gasteiger partial charge on any atom is -0.341 e. The molecule has 1 unspecified atom stereocenters. The summed E-state index contributed by atoms with van der Waals surface area (Å²) in [6.07, 6.45) is 3.27. The summed E-state index contributed by atoms with van der Waals surface area (Å²) in [7, 11) is 0. The Hall–Kier alpha value is -3.31. The molecule has 3 aromatic carbocycles. The van der Waals surface area contributed by atoms with Gasteiger partial charge in [0.1, 0.15) is 0 Å². The molecule has 1 aromatic heterocycles. The van der Waals surface area contributed by atoms with Crippen molar-refractivity contribution >= 4 is 27.8 Å². The summed E-state index contributed by atoms with van der Waals surface area (Å²) in [5.41, 5.74) is 6.96. The summed E-state index contributed by atoms with van der Waals surface area (Å²) in [5, 5.41) is 8.82. The number of aromatic nitrogens is 1. The van der Waals surface area contributed by atoms with Gasteiger partial charge in [-0.05, 0) is 75.0 Å². The first-order chi connectivity index (χ1) is 17.6. The van der Waals surface area contributed by atoms with E-state index in [0.717, 1.165) is 45.4 Å². The van der Waals surface area contributed by atoms with Gasteiger partial charge in [0.25, 0.3) is 0 Å². The quantitative estimate of drug-likeness (QED) is 0.362. The number of piperidine rings is 1. The molecule has 5 heteroatoms. The number of benzene rings is 3. The maximum Gasteiger partial charge on any atom is 0.315 e. The van der Waals surface area contributed by atoms with E-state index in [9.17, 15) is 4.79 Å². The zero-order valence-corrected chi connectivity index (χ0v) is 21.4. The second-order valence-electron chi connectivity index (χ2n) is 10.5. The zero-order chi connectivity index (χ0) is 24.7. The Morgan fingerprint density at radius 2 is 1.69 bits per heavy atom. The first-order valence-corrected chi connectivity index (χ1v) is 13.5. The van der Waals surface area contributed by atoms with Crippen LogP contribution in [0.4, 0.5) is 4.79 Å². The number of hydrogen-bond donors (Lipinski definition) is 2. The van der Waals surface area contributed by atoms with Gasteiger partial charge in [-0.3, -0.25) is 4.90 Å². The number of nitrogens with zero attached hydrogens (tertiary/aromatic N) is 2. The maximum atomic E-state index is 12.3. The van der Waals surface area contributed by atoms with E-state index in [0.29, 0.717) is 6.54 Å². The van der Waals surface area contributed by atoms with Crippen molar-refractivity contribution in [3.63, 3.8) is 0 Å². The molecule has 6 rings (SSSR count). The standard InChI is InChI=1S/C31H36N4O/c1-3-32-30(36)33-27-20-31(26-11-7-5-10-25(26)27)15-17-34(18-16-31)21-22-13-14-24-23-9-6-8-12-28(23)35(4-2)29(24)19-22/h5-14,19,27H,3-4,15-18,20-21H2,1-2H3,(H2,32,33,36). The molecule has 4 aromatic rings. The highest BCUT2D eigenvalue weighted by atomic mass is 16.2. The molecule has 1 aliphatic heterocycles. The van der Waals surface area contributed by atoms with Gasteiger partial charge in [0, 0.05) is 46.9 Å². The summed E-state index contributed by atoms with van der Waals surface area (Å²) in [5.74, 6) is 0. The number of nitrogens with one attached hydrogen (secondary N) is 2. The molecule has 1 spiro atoms. The Balaban J connectivity index is 1.19. The monoisotopic (exact) mass is 480 g/mol. The third-order valence-corrected chi connectivity index (χ3v) is 8.52. The van der Waals surface area contributed by atoms with E-state index in [1.54, 1.807) is 0 Å². The molecule has 1 atom stereocenters. The van der Waals surface area contributed by atoms with Crippen LogP contribution in [-0.4, -0.2) is 35.1 Å². The van der Waals surface area contributed by atoms with Crippen molar-refractivity contribution in [1.82, 2.24) is 20.1 Å². The summed E-state index contributed by atoms with van der Waals surface area (Å²) in [6.45, 7) is 8.96. The lowest BCUT2D eigenvalue weighted by Gasteiger charge is -2.40. The van der Waals surface area contributed by atoms with Gasteiger partial charge in [0.05, 0.1) is 6.04 Å². The topological polar surface area (TPSA) is 49.3 Å². The lowest BCUT2D eigenvalue weighted by molar-refractivity contribution is 0.147. The average Bonchev–Trinajstić information content (AvgIpc) is 3.38. The van der Waals surface area contributed by atoms with Gasteiger partial charge < -0.3 is 15.2 Å². The molecule has 1 aliphatic carbocycles. The summed E-state index contributed by atoms with van der Waals surface area (Å²) < 4.78 is 2.44. The highest BCUT2D eigenvalue weighted by Gasteiger charge is 2.45. The Morgan fingerprint density at radius 1 is 0.944 bits per heavy atom. The second kappa shape index (κ2) is 9.29. The molecular weight excluding hydrogens is 444 g/mol. The largest absolute Gasteiger partial charge is 0.341 e. The Labute approximate surface area is 213 Å². The normalized spacial score (nSPS) is 19.1.